The predicted octanol–water partition coefficient (Wildman–Crippen LogP) is 2.98. The zero-order valence-corrected chi connectivity index (χ0v) is 13.1. The van der Waals surface area contributed by atoms with Crippen LogP contribution in [-0.2, 0) is 18.8 Å². The second kappa shape index (κ2) is 5.67. The van der Waals surface area contributed by atoms with Crippen LogP contribution in [0.15, 0.2) is 11.6 Å². The summed E-state index contributed by atoms with van der Waals surface area (Å²) in [5, 5.41) is 0. The van der Waals surface area contributed by atoms with Crippen LogP contribution < -0.4 is 0 Å². The molecule has 0 N–H and O–H groups in total. The van der Waals surface area contributed by atoms with Crippen LogP contribution >= 0.6 is 0 Å². The number of methoxy groups -OCH3 is 1. The maximum absolute atomic E-state index is 11.5. The summed E-state index contributed by atoms with van der Waals surface area (Å²) in [5.74, 6) is -0.379. The van der Waals surface area contributed by atoms with Crippen molar-refractivity contribution in [2.24, 2.45) is 0 Å². The van der Waals surface area contributed by atoms with Crippen molar-refractivity contribution in [2.45, 2.75) is 65.0 Å². The van der Waals surface area contributed by atoms with E-state index >= 15 is 0 Å². The molecular formula is C14H25BO4. The summed E-state index contributed by atoms with van der Waals surface area (Å²) in [7, 11) is 0.977. The Balaban J connectivity index is 2.89. The molecule has 1 saturated heterocycles. The minimum Gasteiger partial charge on any atom is -0.469 e. The minimum absolute atomic E-state index is 0.126. The summed E-state index contributed by atoms with van der Waals surface area (Å²) in [5.41, 5.74) is 0.354. The molecule has 5 heteroatoms. The lowest BCUT2D eigenvalue weighted by atomic mass is 9.69. The van der Waals surface area contributed by atoms with Crippen LogP contribution in [0.25, 0.3) is 0 Å². The molecule has 0 aliphatic carbocycles. The Morgan fingerprint density at radius 2 is 1.68 bits per heavy atom. The Hall–Kier alpha value is -0.805. The number of carbonyl (C=O) groups is 1. The molecule has 0 amide bonds. The highest BCUT2D eigenvalue weighted by Crippen LogP contribution is 2.41. The molecule has 0 aromatic carbocycles. The molecule has 1 aliphatic heterocycles. The fourth-order valence-electron chi connectivity index (χ4n) is 2.00. The molecule has 19 heavy (non-hydrogen) atoms. The van der Waals surface area contributed by atoms with Crippen LogP contribution in [0.4, 0.5) is 0 Å². The van der Waals surface area contributed by atoms with Gasteiger partial charge in [0.15, 0.2) is 0 Å². The number of rotatable bonds is 4. The molecule has 4 nitrogen and oxygen atoms in total. The van der Waals surface area contributed by atoms with Gasteiger partial charge < -0.3 is 14.0 Å². The summed E-state index contributed by atoms with van der Waals surface area (Å²) >= 11 is 0. The van der Waals surface area contributed by atoms with Crippen molar-refractivity contribution < 1.29 is 18.8 Å². The third-order valence-electron chi connectivity index (χ3n) is 3.80. The third-order valence-corrected chi connectivity index (χ3v) is 3.80. The molecule has 1 heterocycles. The molecule has 1 aliphatic rings. The number of hydrogen-bond acceptors (Lipinski definition) is 4. The monoisotopic (exact) mass is 268 g/mol. The normalized spacial score (nSPS) is 21.9. The fraction of sp³-hybridized carbons (Fsp3) is 0.786. The Morgan fingerprint density at radius 1 is 1.21 bits per heavy atom. The SMILES string of the molecule is COC(=O)C[C@H](C=C(C)C)B1OC(C)(C)C(C)(C)O1. The fourth-order valence-corrected chi connectivity index (χ4v) is 2.00. The smallest absolute Gasteiger partial charge is 0.465 e. The average molecular weight is 268 g/mol. The van der Waals surface area contributed by atoms with Crippen molar-refractivity contribution in [1.29, 1.82) is 0 Å². The Kier molecular flexibility index (Phi) is 4.85. The molecule has 0 aromatic rings. The lowest BCUT2D eigenvalue weighted by molar-refractivity contribution is -0.140. The molecule has 108 valence electrons. The molecular weight excluding hydrogens is 243 g/mol. The molecule has 1 fully saturated rings. The molecule has 0 aromatic heterocycles. The Bertz CT molecular complexity index is 354. The van der Waals surface area contributed by atoms with E-state index in [1.165, 1.54) is 7.11 Å². The van der Waals surface area contributed by atoms with Gasteiger partial charge in [-0.3, -0.25) is 4.79 Å². The van der Waals surface area contributed by atoms with Crippen LogP contribution in [0.5, 0.6) is 0 Å². The highest BCUT2D eigenvalue weighted by atomic mass is 16.7. The first-order chi connectivity index (χ1) is 8.59. The van der Waals surface area contributed by atoms with Gasteiger partial charge in [-0.25, -0.2) is 0 Å². The van der Waals surface area contributed by atoms with Gasteiger partial charge in [0, 0.05) is 5.82 Å². The Morgan fingerprint density at radius 3 is 2.05 bits per heavy atom. The lowest BCUT2D eigenvalue weighted by Crippen LogP contribution is -2.41. The summed E-state index contributed by atoms with van der Waals surface area (Å²) in [4.78, 5) is 11.5. The first kappa shape index (κ1) is 16.2. The molecule has 0 radical (unpaired) electrons. The van der Waals surface area contributed by atoms with Gasteiger partial charge in [0.05, 0.1) is 24.7 Å². The number of carbonyl (C=O) groups excluding carboxylic acids is 1. The van der Waals surface area contributed by atoms with Crippen molar-refractivity contribution in [3.8, 4) is 0 Å². The average Bonchev–Trinajstić information content (AvgIpc) is 2.46. The summed E-state index contributed by atoms with van der Waals surface area (Å²) in [6, 6.07) is 0. The maximum Gasteiger partial charge on any atom is 0.465 e. The van der Waals surface area contributed by atoms with Crippen LogP contribution in [0, 0.1) is 0 Å². The van der Waals surface area contributed by atoms with Gasteiger partial charge in [-0.05, 0) is 41.5 Å². The number of ether oxygens (including phenoxy) is 1. The molecule has 0 spiro atoms. The van der Waals surface area contributed by atoms with E-state index in [0.717, 1.165) is 5.57 Å². The van der Waals surface area contributed by atoms with Crippen molar-refractivity contribution in [1.82, 2.24) is 0 Å². The minimum atomic E-state index is -0.418. The van der Waals surface area contributed by atoms with Crippen molar-refractivity contribution in [3.63, 3.8) is 0 Å². The summed E-state index contributed by atoms with van der Waals surface area (Å²) in [6.07, 6.45) is 2.28. The third kappa shape index (κ3) is 3.83. The highest BCUT2D eigenvalue weighted by Gasteiger charge is 2.53. The van der Waals surface area contributed by atoms with Gasteiger partial charge in [0.25, 0.3) is 0 Å². The largest absolute Gasteiger partial charge is 0.469 e. The van der Waals surface area contributed by atoms with Gasteiger partial charge in [-0.2, -0.15) is 0 Å². The van der Waals surface area contributed by atoms with Crippen LogP contribution in [0.2, 0.25) is 5.82 Å². The van der Waals surface area contributed by atoms with E-state index in [1.807, 2.05) is 47.6 Å². The van der Waals surface area contributed by atoms with E-state index in [-0.39, 0.29) is 29.4 Å². The van der Waals surface area contributed by atoms with E-state index in [2.05, 4.69) is 0 Å². The number of hydrogen-bond donors (Lipinski definition) is 0. The van der Waals surface area contributed by atoms with E-state index in [1.54, 1.807) is 0 Å². The highest BCUT2D eigenvalue weighted by molar-refractivity contribution is 6.48. The first-order valence-electron chi connectivity index (χ1n) is 6.66. The first-order valence-corrected chi connectivity index (χ1v) is 6.66. The van der Waals surface area contributed by atoms with Crippen molar-refractivity contribution in [3.05, 3.63) is 11.6 Å². The topological polar surface area (TPSA) is 44.8 Å². The maximum atomic E-state index is 11.5. The molecule has 0 saturated carbocycles. The number of esters is 1. The van der Waals surface area contributed by atoms with E-state index < -0.39 is 7.12 Å². The molecule has 0 unspecified atom stereocenters. The molecule has 0 bridgehead atoms. The standard InChI is InChI=1S/C14H25BO4/c1-10(2)8-11(9-12(16)17-7)15-18-13(3,4)14(5,6)19-15/h8,11H,9H2,1-7H3/t11-/m0/s1. The molecule has 1 atom stereocenters. The van der Waals surface area contributed by atoms with Crippen molar-refractivity contribution in [2.75, 3.05) is 7.11 Å². The van der Waals surface area contributed by atoms with Crippen molar-refractivity contribution >= 4 is 13.1 Å². The quantitative estimate of drug-likeness (QED) is 0.446. The van der Waals surface area contributed by atoms with Gasteiger partial charge >= 0.3 is 13.1 Å². The van der Waals surface area contributed by atoms with Gasteiger partial charge in [0.1, 0.15) is 0 Å². The van der Waals surface area contributed by atoms with E-state index in [0.29, 0.717) is 0 Å². The van der Waals surface area contributed by atoms with Gasteiger partial charge in [0.2, 0.25) is 0 Å². The van der Waals surface area contributed by atoms with E-state index in [9.17, 15) is 4.79 Å². The molecule has 1 rings (SSSR count). The summed E-state index contributed by atoms with van der Waals surface area (Å²) in [6.45, 7) is 12.0. The van der Waals surface area contributed by atoms with Crippen LogP contribution in [0.1, 0.15) is 48.0 Å². The Labute approximate surface area is 116 Å². The van der Waals surface area contributed by atoms with Gasteiger partial charge in [-0.15, -0.1) is 0 Å². The second-order valence-corrected chi connectivity index (χ2v) is 6.31. The van der Waals surface area contributed by atoms with Crippen LogP contribution in [0.3, 0.4) is 0 Å². The predicted molar refractivity (Wildman–Crippen MR) is 75.9 cm³/mol. The van der Waals surface area contributed by atoms with E-state index in [4.69, 9.17) is 14.0 Å². The number of allylic oxidation sites excluding steroid dienone is 2. The van der Waals surface area contributed by atoms with Gasteiger partial charge in [-0.1, -0.05) is 11.6 Å². The van der Waals surface area contributed by atoms with Crippen LogP contribution in [-0.4, -0.2) is 31.4 Å². The zero-order chi connectivity index (χ0) is 14.8. The lowest BCUT2D eigenvalue weighted by Gasteiger charge is -2.32. The second-order valence-electron chi connectivity index (χ2n) is 6.31. The zero-order valence-electron chi connectivity index (χ0n) is 13.1. The summed E-state index contributed by atoms with van der Waals surface area (Å²) < 4.78 is 16.7.